The van der Waals surface area contributed by atoms with Crippen molar-refractivity contribution in [3.05, 3.63) is 95.8 Å². The minimum Gasteiger partial charge on any atom is -0.319 e. The van der Waals surface area contributed by atoms with Crippen molar-refractivity contribution in [2.75, 3.05) is 5.32 Å². The van der Waals surface area contributed by atoms with Crippen LogP contribution in [-0.2, 0) is 0 Å². The van der Waals surface area contributed by atoms with Gasteiger partial charge in [0.2, 0.25) is 5.82 Å². The van der Waals surface area contributed by atoms with E-state index >= 15 is 0 Å². The smallest absolute Gasteiger partial charge is 0.295 e. The van der Waals surface area contributed by atoms with Gasteiger partial charge in [-0.1, -0.05) is 18.2 Å². The largest absolute Gasteiger partial charge is 0.319 e. The number of nitrogens with one attached hydrogen (secondary N) is 1. The predicted molar refractivity (Wildman–Crippen MR) is 106 cm³/mol. The number of amides is 1. The van der Waals surface area contributed by atoms with Crippen molar-refractivity contribution < 1.29 is 13.6 Å². The molecule has 1 aromatic heterocycles. The van der Waals surface area contributed by atoms with Crippen LogP contribution in [0, 0.1) is 18.6 Å². The molecule has 29 heavy (non-hydrogen) atoms. The van der Waals surface area contributed by atoms with Gasteiger partial charge >= 0.3 is 0 Å². The highest BCUT2D eigenvalue weighted by molar-refractivity contribution is 6.02. The molecule has 1 heterocycles. The topological polar surface area (TPSA) is 59.8 Å². The zero-order valence-corrected chi connectivity index (χ0v) is 15.4. The normalized spacial score (nSPS) is 10.7. The monoisotopic (exact) mass is 390 g/mol. The standard InChI is InChI=1S/C22H16F2N4O/c1-14-4-2-3-5-19(14)25-22(29)20-26-21(15-6-8-16(23)9-7-15)28(27-20)18-12-10-17(24)11-13-18/h2-13H,1H3,(H,25,29). The maximum absolute atomic E-state index is 13.3. The van der Waals surface area contributed by atoms with Crippen LogP contribution in [0.1, 0.15) is 16.2 Å². The molecule has 0 aliphatic heterocycles. The molecule has 0 atom stereocenters. The second-order valence-corrected chi connectivity index (χ2v) is 6.42. The lowest BCUT2D eigenvalue weighted by Crippen LogP contribution is -2.15. The Morgan fingerprint density at radius 2 is 1.52 bits per heavy atom. The lowest BCUT2D eigenvalue weighted by atomic mass is 10.2. The molecule has 1 N–H and O–H groups in total. The third-order valence-corrected chi connectivity index (χ3v) is 4.38. The van der Waals surface area contributed by atoms with E-state index in [0.717, 1.165) is 5.56 Å². The first-order chi connectivity index (χ1) is 14.0. The zero-order chi connectivity index (χ0) is 20.4. The van der Waals surface area contributed by atoms with Gasteiger partial charge in [0.05, 0.1) is 5.69 Å². The summed E-state index contributed by atoms with van der Waals surface area (Å²) < 4.78 is 28.1. The lowest BCUT2D eigenvalue weighted by molar-refractivity contribution is 0.101. The highest BCUT2D eigenvalue weighted by Crippen LogP contribution is 2.23. The predicted octanol–water partition coefficient (Wildman–Crippen LogP) is 4.77. The van der Waals surface area contributed by atoms with Crippen molar-refractivity contribution in [3.63, 3.8) is 0 Å². The highest BCUT2D eigenvalue weighted by Gasteiger charge is 2.19. The number of carbonyl (C=O) groups is 1. The van der Waals surface area contributed by atoms with Crippen LogP contribution in [-0.4, -0.2) is 20.7 Å². The fraction of sp³-hybridized carbons (Fsp3) is 0.0455. The summed E-state index contributed by atoms with van der Waals surface area (Å²) in [5.74, 6) is -0.985. The van der Waals surface area contributed by atoms with E-state index in [0.29, 0.717) is 22.8 Å². The molecule has 0 fully saturated rings. The second kappa shape index (κ2) is 7.63. The van der Waals surface area contributed by atoms with Gasteiger partial charge in [-0.15, -0.1) is 5.10 Å². The molecule has 0 bridgehead atoms. The Morgan fingerprint density at radius 3 is 2.17 bits per heavy atom. The average Bonchev–Trinajstić information content (AvgIpc) is 3.16. The van der Waals surface area contributed by atoms with Crippen molar-refractivity contribution in [2.24, 2.45) is 0 Å². The summed E-state index contributed by atoms with van der Waals surface area (Å²) >= 11 is 0. The highest BCUT2D eigenvalue weighted by atomic mass is 19.1. The third-order valence-electron chi connectivity index (χ3n) is 4.38. The van der Waals surface area contributed by atoms with Crippen LogP contribution in [0.3, 0.4) is 0 Å². The number of benzene rings is 3. The van der Waals surface area contributed by atoms with E-state index in [9.17, 15) is 13.6 Å². The molecule has 0 saturated carbocycles. The van der Waals surface area contributed by atoms with Gasteiger partial charge in [0.25, 0.3) is 5.91 Å². The van der Waals surface area contributed by atoms with Gasteiger partial charge < -0.3 is 5.32 Å². The molecule has 7 heteroatoms. The number of aryl methyl sites for hydroxylation is 1. The van der Waals surface area contributed by atoms with E-state index in [1.807, 2.05) is 25.1 Å². The molecular formula is C22H16F2N4O. The van der Waals surface area contributed by atoms with Crippen molar-refractivity contribution in [1.29, 1.82) is 0 Å². The van der Waals surface area contributed by atoms with Crippen LogP contribution in [0.5, 0.6) is 0 Å². The van der Waals surface area contributed by atoms with Gasteiger partial charge in [-0.25, -0.2) is 18.4 Å². The molecular weight excluding hydrogens is 374 g/mol. The number of anilines is 1. The van der Waals surface area contributed by atoms with Gasteiger partial charge in [0, 0.05) is 11.3 Å². The summed E-state index contributed by atoms with van der Waals surface area (Å²) in [7, 11) is 0. The first-order valence-corrected chi connectivity index (χ1v) is 8.87. The van der Waals surface area contributed by atoms with E-state index in [1.165, 1.54) is 41.1 Å². The zero-order valence-electron chi connectivity index (χ0n) is 15.4. The van der Waals surface area contributed by atoms with E-state index in [1.54, 1.807) is 18.2 Å². The van der Waals surface area contributed by atoms with Crippen LogP contribution in [0.2, 0.25) is 0 Å². The minimum atomic E-state index is -0.483. The van der Waals surface area contributed by atoms with Crippen molar-refractivity contribution in [1.82, 2.24) is 14.8 Å². The summed E-state index contributed by atoms with van der Waals surface area (Å²) in [5, 5.41) is 7.10. The third kappa shape index (κ3) is 3.89. The van der Waals surface area contributed by atoms with Gasteiger partial charge in [0.1, 0.15) is 11.6 Å². The number of carbonyl (C=O) groups excluding carboxylic acids is 1. The molecule has 4 rings (SSSR count). The summed E-state index contributed by atoms with van der Waals surface area (Å²) in [5.41, 5.74) is 2.64. The van der Waals surface area contributed by atoms with Crippen LogP contribution in [0.15, 0.2) is 72.8 Å². The van der Waals surface area contributed by atoms with Gasteiger partial charge in [-0.3, -0.25) is 4.79 Å². The molecule has 0 saturated heterocycles. The number of rotatable bonds is 4. The first-order valence-electron chi connectivity index (χ1n) is 8.87. The summed E-state index contributed by atoms with van der Waals surface area (Å²) in [6, 6.07) is 18.7. The summed E-state index contributed by atoms with van der Waals surface area (Å²) in [6.07, 6.45) is 0. The fourth-order valence-corrected chi connectivity index (χ4v) is 2.85. The summed E-state index contributed by atoms with van der Waals surface area (Å²) in [6.45, 7) is 1.88. The Hall–Kier alpha value is -3.87. The molecule has 0 radical (unpaired) electrons. The van der Waals surface area contributed by atoms with Crippen molar-refractivity contribution >= 4 is 11.6 Å². The maximum atomic E-state index is 13.3. The molecule has 4 aromatic rings. The Morgan fingerprint density at radius 1 is 0.897 bits per heavy atom. The minimum absolute atomic E-state index is 0.0584. The number of nitrogens with zero attached hydrogens (tertiary/aromatic N) is 3. The molecule has 0 unspecified atom stereocenters. The van der Waals surface area contributed by atoms with Crippen LogP contribution in [0.25, 0.3) is 17.1 Å². The summed E-state index contributed by atoms with van der Waals surface area (Å²) in [4.78, 5) is 17.1. The SMILES string of the molecule is Cc1ccccc1NC(=O)c1nc(-c2ccc(F)cc2)n(-c2ccc(F)cc2)n1. The molecule has 144 valence electrons. The van der Waals surface area contributed by atoms with Gasteiger partial charge in [0.15, 0.2) is 5.82 Å². The number of halogens is 2. The Balaban J connectivity index is 1.76. The second-order valence-electron chi connectivity index (χ2n) is 6.42. The molecule has 3 aromatic carbocycles. The first kappa shape index (κ1) is 18.5. The molecule has 5 nitrogen and oxygen atoms in total. The Kier molecular flexibility index (Phi) is 4.87. The number of hydrogen-bond donors (Lipinski definition) is 1. The van der Waals surface area contributed by atoms with E-state index in [2.05, 4.69) is 15.4 Å². The van der Waals surface area contributed by atoms with Crippen LogP contribution < -0.4 is 5.32 Å². The number of aromatic nitrogens is 3. The van der Waals surface area contributed by atoms with E-state index < -0.39 is 11.7 Å². The average molecular weight is 390 g/mol. The van der Waals surface area contributed by atoms with Crippen molar-refractivity contribution in [3.8, 4) is 17.1 Å². The number of para-hydroxylation sites is 1. The van der Waals surface area contributed by atoms with Crippen LogP contribution >= 0.6 is 0 Å². The Bertz CT molecular complexity index is 1110. The van der Waals surface area contributed by atoms with E-state index in [4.69, 9.17) is 0 Å². The molecule has 0 aliphatic carbocycles. The Labute approximate surface area is 165 Å². The lowest BCUT2D eigenvalue weighted by Gasteiger charge is -2.06. The van der Waals surface area contributed by atoms with E-state index in [-0.39, 0.29) is 11.6 Å². The number of hydrogen-bond acceptors (Lipinski definition) is 3. The fourth-order valence-electron chi connectivity index (χ4n) is 2.85. The quantitative estimate of drug-likeness (QED) is 0.546. The van der Waals surface area contributed by atoms with Crippen molar-refractivity contribution in [2.45, 2.75) is 6.92 Å². The van der Waals surface area contributed by atoms with Gasteiger partial charge in [-0.2, -0.15) is 0 Å². The maximum Gasteiger partial charge on any atom is 0.295 e. The molecule has 1 amide bonds. The molecule has 0 spiro atoms. The van der Waals surface area contributed by atoms with Crippen LogP contribution in [0.4, 0.5) is 14.5 Å². The molecule has 0 aliphatic rings. The van der Waals surface area contributed by atoms with Gasteiger partial charge in [-0.05, 0) is 67.1 Å².